The number of carbonyl (C=O) groups is 2. The summed E-state index contributed by atoms with van der Waals surface area (Å²) in [6.45, 7) is 1.75. The van der Waals surface area contributed by atoms with Crippen molar-refractivity contribution in [3.05, 3.63) is 35.4 Å². The average Bonchev–Trinajstić information content (AvgIpc) is 2.37. The van der Waals surface area contributed by atoms with E-state index < -0.39 is 11.8 Å². The van der Waals surface area contributed by atoms with Gasteiger partial charge in [0.1, 0.15) is 11.5 Å². The van der Waals surface area contributed by atoms with Crippen LogP contribution in [-0.2, 0) is 14.3 Å². The van der Waals surface area contributed by atoms with E-state index in [1.54, 1.807) is 25.1 Å². The molecule has 0 saturated heterocycles. The quantitative estimate of drug-likeness (QED) is 0.380. The molecule has 5 heteroatoms. The fourth-order valence-corrected chi connectivity index (χ4v) is 1.41. The molecule has 1 rings (SSSR count). The molecular formula is C13H14O5. The SMILES string of the molecule is COC(=O)C(=O)/C=C(\O)c1ccc(OC)cc1C. The summed E-state index contributed by atoms with van der Waals surface area (Å²) in [5.41, 5.74) is 1.17. The zero-order chi connectivity index (χ0) is 13.7. The number of hydrogen-bond donors (Lipinski definition) is 1. The molecule has 0 fully saturated rings. The van der Waals surface area contributed by atoms with Gasteiger partial charge in [0.05, 0.1) is 14.2 Å². The Morgan fingerprint density at radius 2 is 1.94 bits per heavy atom. The predicted molar refractivity (Wildman–Crippen MR) is 65.4 cm³/mol. The van der Waals surface area contributed by atoms with Gasteiger partial charge in [0.15, 0.2) is 0 Å². The number of hydrogen-bond acceptors (Lipinski definition) is 5. The van der Waals surface area contributed by atoms with Gasteiger partial charge in [0, 0.05) is 11.6 Å². The Morgan fingerprint density at radius 1 is 1.28 bits per heavy atom. The predicted octanol–water partition coefficient (Wildman–Crippen LogP) is 1.64. The first-order valence-corrected chi connectivity index (χ1v) is 5.17. The third-order valence-electron chi connectivity index (χ3n) is 2.36. The lowest BCUT2D eigenvalue weighted by Crippen LogP contribution is -2.13. The molecule has 0 aliphatic heterocycles. The van der Waals surface area contributed by atoms with Gasteiger partial charge in [-0.05, 0) is 30.7 Å². The van der Waals surface area contributed by atoms with Gasteiger partial charge in [-0.15, -0.1) is 0 Å². The van der Waals surface area contributed by atoms with Crippen molar-refractivity contribution in [2.45, 2.75) is 6.92 Å². The largest absolute Gasteiger partial charge is 0.507 e. The summed E-state index contributed by atoms with van der Waals surface area (Å²) in [7, 11) is 2.63. The Bertz CT molecular complexity index is 502. The second-order valence-electron chi connectivity index (χ2n) is 3.57. The minimum absolute atomic E-state index is 0.287. The van der Waals surface area contributed by atoms with E-state index in [9.17, 15) is 14.7 Å². The molecule has 1 N–H and O–H groups in total. The molecule has 0 aromatic heterocycles. The van der Waals surface area contributed by atoms with E-state index in [0.717, 1.165) is 18.7 Å². The van der Waals surface area contributed by atoms with Gasteiger partial charge in [-0.1, -0.05) is 0 Å². The van der Waals surface area contributed by atoms with E-state index >= 15 is 0 Å². The van der Waals surface area contributed by atoms with Crippen molar-refractivity contribution >= 4 is 17.5 Å². The van der Waals surface area contributed by atoms with Crippen molar-refractivity contribution in [1.82, 2.24) is 0 Å². The first kappa shape index (κ1) is 13.8. The topological polar surface area (TPSA) is 72.8 Å². The monoisotopic (exact) mass is 250 g/mol. The standard InChI is InChI=1S/C13H14O5/c1-8-6-9(17-2)4-5-10(8)11(14)7-12(15)13(16)18-3/h4-7,14H,1-3H3/b11-7-. The molecule has 0 amide bonds. The van der Waals surface area contributed by atoms with Crippen LogP contribution in [0, 0.1) is 6.92 Å². The number of ketones is 1. The van der Waals surface area contributed by atoms with E-state index in [0.29, 0.717) is 11.3 Å². The van der Waals surface area contributed by atoms with Crippen molar-refractivity contribution in [3.8, 4) is 5.75 Å². The number of aliphatic hydroxyl groups is 1. The Kier molecular flexibility index (Phi) is 4.48. The normalized spacial score (nSPS) is 10.9. The Hall–Kier alpha value is -2.30. The van der Waals surface area contributed by atoms with E-state index in [1.165, 1.54) is 7.11 Å². The van der Waals surface area contributed by atoms with Gasteiger partial charge in [0.25, 0.3) is 5.78 Å². The van der Waals surface area contributed by atoms with E-state index in [-0.39, 0.29) is 5.76 Å². The van der Waals surface area contributed by atoms with Crippen molar-refractivity contribution in [1.29, 1.82) is 0 Å². The molecule has 18 heavy (non-hydrogen) atoms. The van der Waals surface area contributed by atoms with Crippen LogP contribution < -0.4 is 4.74 Å². The molecule has 0 bridgehead atoms. The highest BCUT2D eigenvalue weighted by molar-refractivity contribution is 6.39. The van der Waals surface area contributed by atoms with Crippen LogP contribution in [0.5, 0.6) is 5.75 Å². The molecule has 0 saturated carbocycles. The van der Waals surface area contributed by atoms with Crippen molar-refractivity contribution in [2.75, 3.05) is 14.2 Å². The van der Waals surface area contributed by atoms with E-state index in [2.05, 4.69) is 4.74 Å². The third-order valence-corrected chi connectivity index (χ3v) is 2.36. The maximum Gasteiger partial charge on any atom is 0.378 e. The molecule has 0 unspecified atom stereocenters. The average molecular weight is 250 g/mol. The summed E-state index contributed by atoms with van der Waals surface area (Å²) in [5.74, 6) is -1.58. The number of benzene rings is 1. The lowest BCUT2D eigenvalue weighted by molar-refractivity contribution is -0.149. The number of ether oxygens (including phenoxy) is 2. The molecule has 5 nitrogen and oxygen atoms in total. The first-order valence-electron chi connectivity index (χ1n) is 5.17. The summed E-state index contributed by atoms with van der Waals surface area (Å²) in [5, 5.41) is 9.77. The molecule has 0 atom stereocenters. The number of carbonyl (C=O) groups excluding carboxylic acids is 2. The number of rotatable bonds is 4. The molecule has 0 aliphatic rings. The second-order valence-corrected chi connectivity index (χ2v) is 3.57. The first-order chi connectivity index (χ1) is 8.49. The van der Waals surface area contributed by atoms with Gasteiger partial charge in [-0.25, -0.2) is 4.79 Å². The summed E-state index contributed by atoms with van der Waals surface area (Å²) >= 11 is 0. The van der Waals surface area contributed by atoms with Crippen LogP contribution in [0.25, 0.3) is 5.76 Å². The second kappa shape index (κ2) is 5.86. The van der Waals surface area contributed by atoms with Gasteiger partial charge < -0.3 is 14.6 Å². The number of aliphatic hydroxyl groups excluding tert-OH is 1. The molecule has 0 radical (unpaired) electrons. The summed E-state index contributed by atoms with van der Waals surface area (Å²) in [4.78, 5) is 22.2. The Morgan fingerprint density at radius 3 is 2.44 bits per heavy atom. The van der Waals surface area contributed by atoms with Crippen LogP contribution in [0.3, 0.4) is 0 Å². The third kappa shape index (κ3) is 3.10. The maximum absolute atomic E-state index is 11.3. The summed E-state index contributed by atoms with van der Waals surface area (Å²) in [6.07, 6.45) is 0.834. The number of methoxy groups -OCH3 is 2. The smallest absolute Gasteiger partial charge is 0.378 e. The van der Waals surface area contributed by atoms with Crippen LogP contribution in [0.2, 0.25) is 0 Å². The summed E-state index contributed by atoms with van der Waals surface area (Å²) < 4.78 is 9.28. The lowest BCUT2D eigenvalue weighted by atomic mass is 10.1. The molecule has 0 aliphatic carbocycles. The number of esters is 1. The van der Waals surface area contributed by atoms with Crippen molar-refractivity contribution in [3.63, 3.8) is 0 Å². The number of aryl methyl sites for hydroxylation is 1. The molecule has 0 spiro atoms. The van der Waals surface area contributed by atoms with E-state index in [4.69, 9.17) is 4.74 Å². The van der Waals surface area contributed by atoms with Crippen LogP contribution in [0.15, 0.2) is 24.3 Å². The molecule has 1 aromatic rings. The van der Waals surface area contributed by atoms with Crippen molar-refractivity contribution < 1.29 is 24.2 Å². The highest BCUT2D eigenvalue weighted by Gasteiger charge is 2.13. The minimum atomic E-state index is -1.02. The highest BCUT2D eigenvalue weighted by Crippen LogP contribution is 2.21. The zero-order valence-electron chi connectivity index (χ0n) is 10.4. The van der Waals surface area contributed by atoms with Gasteiger partial charge in [-0.2, -0.15) is 0 Å². The van der Waals surface area contributed by atoms with E-state index in [1.807, 2.05) is 0 Å². The highest BCUT2D eigenvalue weighted by atomic mass is 16.5. The molecule has 0 heterocycles. The van der Waals surface area contributed by atoms with Crippen LogP contribution in [0.4, 0.5) is 0 Å². The Balaban J connectivity index is 3.04. The lowest BCUT2D eigenvalue weighted by Gasteiger charge is -2.07. The summed E-state index contributed by atoms with van der Waals surface area (Å²) in [6, 6.07) is 4.96. The van der Waals surface area contributed by atoms with Crippen molar-refractivity contribution in [2.24, 2.45) is 0 Å². The van der Waals surface area contributed by atoms with Crippen LogP contribution in [-0.4, -0.2) is 31.1 Å². The molecule has 96 valence electrons. The molecule has 1 aromatic carbocycles. The zero-order valence-corrected chi connectivity index (χ0v) is 10.4. The Labute approximate surface area is 105 Å². The van der Waals surface area contributed by atoms with Crippen LogP contribution >= 0.6 is 0 Å². The fourth-order valence-electron chi connectivity index (χ4n) is 1.41. The van der Waals surface area contributed by atoms with Gasteiger partial charge >= 0.3 is 5.97 Å². The molecular weight excluding hydrogens is 236 g/mol. The minimum Gasteiger partial charge on any atom is -0.507 e. The maximum atomic E-state index is 11.3. The van der Waals surface area contributed by atoms with Crippen LogP contribution in [0.1, 0.15) is 11.1 Å². The van der Waals surface area contributed by atoms with Gasteiger partial charge in [-0.3, -0.25) is 4.79 Å². The van der Waals surface area contributed by atoms with Gasteiger partial charge in [0.2, 0.25) is 0 Å². The fraction of sp³-hybridized carbons (Fsp3) is 0.231.